The first-order valence-corrected chi connectivity index (χ1v) is 7.99. The van der Waals surface area contributed by atoms with Gasteiger partial charge in [-0.05, 0) is 34.3 Å². The number of aromatic nitrogens is 3. The maximum atomic E-state index is 4.40. The smallest absolute Gasteiger partial charge is 0.162 e. The number of rotatable bonds is 1. The lowest BCUT2D eigenvalue weighted by Gasteiger charge is -2.06. The van der Waals surface area contributed by atoms with Crippen LogP contribution in [-0.4, -0.2) is 14.6 Å². The number of halogens is 1. The highest BCUT2D eigenvalue weighted by molar-refractivity contribution is 9.10. The first kappa shape index (κ1) is 16.6. The molecule has 1 aliphatic rings. The van der Waals surface area contributed by atoms with Gasteiger partial charge in [-0.3, -0.25) is 0 Å². The van der Waals surface area contributed by atoms with E-state index in [1.54, 1.807) is 10.7 Å². The van der Waals surface area contributed by atoms with Crippen LogP contribution in [0.1, 0.15) is 46.1 Å². The first-order valence-electron chi connectivity index (χ1n) is 7.19. The van der Waals surface area contributed by atoms with Crippen molar-refractivity contribution in [1.29, 1.82) is 0 Å². The van der Waals surface area contributed by atoms with E-state index in [0.717, 1.165) is 28.5 Å². The van der Waals surface area contributed by atoms with Crippen LogP contribution in [0.3, 0.4) is 0 Å². The van der Waals surface area contributed by atoms with Crippen molar-refractivity contribution >= 4 is 27.2 Å². The van der Waals surface area contributed by atoms with Crippen LogP contribution in [0.2, 0.25) is 0 Å². The SMILES string of the molecule is Brc1cnc2c(C3=CC=CCC3)cnn2c1.CC.CC. The van der Waals surface area contributed by atoms with E-state index in [0.29, 0.717) is 0 Å². The molecule has 4 heteroatoms. The predicted molar refractivity (Wildman–Crippen MR) is 89.7 cm³/mol. The Morgan fingerprint density at radius 3 is 2.55 bits per heavy atom. The Labute approximate surface area is 129 Å². The Morgan fingerprint density at radius 2 is 1.90 bits per heavy atom. The van der Waals surface area contributed by atoms with E-state index in [9.17, 15) is 0 Å². The molecule has 0 fully saturated rings. The number of hydrogen-bond acceptors (Lipinski definition) is 2. The van der Waals surface area contributed by atoms with Gasteiger partial charge in [0, 0.05) is 18.0 Å². The Morgan fingerprint density at radius 1 is 1.15 bits per heavy atom. The zero-order valence-electron chi connectivity index (χ0n) is 12.6. The van der Waals surface area contributed by atoms with Crippen molar-refractivity contribution < 1.29 is 0 Å². The minimum Gasteiger partial charge on any atom is -0.235 e. The highest BCUT2D eigenvalue weighted by Crippen LogP contribution is 2.26. The fraction of sp³-hybridized carbons (Fsp3) is 0.375. The molecular weight excluding hydrogens is 314 g/mol. The van der Waals surface area contributed by atoms with E-state index in [2.05, 4.69) is 44.2 Å². The fourth-order valence-corrected chi connectivity index (χ4v) is 2.20. The van der Waals surface area contributed by atoms with Crippen molar-refractivity contribution in [2.45, 2.75) is 40.5 Å². The van der Waals surface area contributed by atoms with Gasteiger partial charge in [0.15, 0.2) is 5.65 Å². The van der Waals surface area contributed by atoms with Crippen LogP contribution in [0.5, 0.6) is 0 Å². The van der Waals surface area contributed by atoms with Crippen LogP contribution in [0.15, 0.2) is 41.3 Å². The molecule has 0 N–H and O–H groups in total. The van der Waals surface area contributed by atoms with Gasteiger partial charge in [-0.2, -0.15) is 5.10 Å². The molecule has 20 heavy (non-hydrogen) atoms. The molecule has 0 amide bonds. The minimum atomic E-state index is 0.921. The molecule has 0 unspecified atom stereocenters. The number of hydrogen-bond donors (Lipinski definition) is 0. The standard InChI is InChI=1S/C12H10BrN3.2C2H6/c13-10-6-14-12-11(7-15-16(12)8-10)9-4-2-1-3-5-9;2*1-2/h1-2,4,6-8H,3,5H2;2*1-2H3. The Kier molecular flexibility index (Phi) is 7.23. The van der Waals surface area contributed by atoms with Crippen molar-refractivity contribution in [3.05, 3.63) is 46.9 Å². The summed E-state index contributed by atoms with van der Waals surface area (Å²) in [6.45, 7) is 8.00. The second-order valence-electron chi connectivity index (χ2n) is 3.76. The molecule has 3 rings (SSSR count). The minimum absolute atomic E-state index is 0.921. The molecule has 2 heterocycles. The summed E-state index contributed by atoms with van der Waals surface area (Å²) in [6.07, 6.45) is 14.2. The molecule has 1 aliphatic carbocycles. The van der Waals surface area contributed by atoms with E-state index in [1.807, 2.05) is 40.1 Å². The zero-order chi connectivity index (χ0) is 15.0. The summed E-state index contributed by atoms with van der Waals surface area (Å²) >= 11 is 3.39. The van der Waals surface area contributed by atoms with Gasteiger partial charge in [-0.15, -0.1) is 0 Å². The maximum Gasteiger partial charge on any atom is 0.162 e. The zero-order valence-corrected chi connectivity index (χ0v) is 14.2. The van der Waals surface area contributed by atoms with Gasteiger partial charge >= 0.3 is 0 Å². The van der Waals surface area contributed by atoms with Crippen LogP contribution in [0.25, 0.3) is 11.2 Å². The van der Waals surface area contributed by atoms with Crippen LogP contribution in [0, 0.1) is 0 Å². The number of allylic oxidation sites excluding steroid dienone is 4. The fourth-order valence-electron chi connectivity index (χ4n) is 1.91. The van der Waals surface area contributed by atoms with Gasteiger partial charge in [0.1, 0.15) is 0 Å². The van der Waals surface area contributed by atoms with Gasteiger partial charge in [0.25, 0.3) is 0 Å². The van der Waals surface area contributed by atoms with Gasteiger partial charge < -0.3 is 0 Å². The molecule has 0 aromatic carbocycles. The summed E-state index contributed by atoms with van der Waals surface area (Å²) in [5, 5.41) is 4.31. The molecular formula is C16H22BrN3. The third-order valence-electron chi connectivity index (χ3n) is 2.68. The summed E-state index contributed by atoms with van der Waals surface area (Å²) in [7, 11) is 0. The number of nitrogens with zero attached hydrogens (tertiary/aromatic N) is 3. The summed E-state index contributed by atoms with van der Waals surface area (Å²) in [4.78, 5) is 4.40. The van der Waals surface area contributed by atoms with Crippen LogP contribution >= 0.6 is 15.9 Å². The second kappa shape index (κ2) is 8.69. The Hall–Kier alpha value is -1.42. The molecule has 2 aromatic rings. The lowest BCUT2D eigenvalue weighted by atomic mass is 10.00. The molecule has 0 bridgehead atoms. The molecule has 0 radical (unpaired) electrons. The van der Waals surface area contributed by atoms with Gasteiger partial charge in [-0.1, -0.05) is 45.9 Å². The molecule has 0 saturated carbocycles. The van der Waals surface area contributed by atoms with Crippen molar-refractivity contribution in [1.82, 2.24) is 14.6 Å². The number of fused-ring (bicyclic) bond motifs is 1. The third kappa shape index (κ3) is 3.79. The van der Waals surface area contributed by atoms with E-state index in [-0.39, 0.29) is 0 Å². The lowest BCUT2D eigenvalue weighted by Crippen LogP contribution is -1.92. The molecule has 3 nitrogen and oxygen atoms in total. The molecule has 108 valence electrons. The average molecular weight is 336 g/mol. The van der Waals surface area contributed by atoms with Gasteiger partial charge in [-0.25, -0.2) is 9.50 Å². The Balaban J connectivity index is 0.000000461. The molecule has 2 aromatic heterocycles. The summed E-state index contributed by atoms with van der Waals surface area (Å²) in [5.41, 5.74) is 3.37. The van der Waals surface area contributed by atoms with E-state index < -0.39 is 0 Å². The van der Waals surface area contributed by atoms with Gasteiger partial charge in [0.05, 0.1) is 10.7 Å². The van der Waals surface area contributed by atoms with E-state index in [1.165, 1.54) is 5.57 Å². The third-order valence-corrected chi connectivity index (χ3v) is 3.09. The Bertz CT molecular complexity index is 597. The highest BCUT2D eigenvalue weighted by atomic mass is 79.9. The largest absolute Gasteiger partial charge is 0.235 e. The topological polar surface area (TPSA) is 30.2 Å². The summed E-state index contributed by atoms with van der Waals surface area (Å²) in [5.74, 6) is 0. The van der Waals surface area contributed by atoms with Crippen molar-refractivity contribution in [2.24, 2.45) is 0 Å². The summed E-state index contributed by atoms with van der Waals surface area (Å²) < 4.78 is 2.74. The molecule has 0 saturated heterocycles. The normalized spacial score (nSPS) is 12.9. The van der Waals surface area contributed by atoms with E-state index in [4.69, 9.17) is 0 Å². The van der Waals surface area contributed by atoms with Crippen molar-refractivity contribution in [2.75, 3.05) is 0 Å². The van der Waals surface area contributed by atoms with Crippen molar-refractivity contribution in [3.63, 3.8) is 0 Å². The molecule has 0 atom stereocenters. The quantitative estimate of drug-likeness (QED) is 0.709. The first-order chi connectivity index (χ1) is 9.84. The molecule has 0 aliphatic heterocycles. The average Bonchev–Trinajstić information content (AvgIpc) is 2.95. The molecule has 0 spiro atoms. The van der Waals surface area contributed by atoms with Crippen LogP contribution in [0.4, 0.5) is 0 Å². The lowest BCUT2D eigenvalue weighted by molar-refractivity contribution is 0.933. The van der Waals surface area contributed by atoms with Crippen LogP contribution in [-0.2, 0) is 0 Å². The maximum absolute atomic E-state index is 4.40. The summed E-state index contributed by atoms with van der Waals surface area (Å²) in [6, 6.07) is 0. The van der Waals surface area contributed by atoms with Crippen molar-refractivity contribution in [3.8, 4) is 0 Å². The monoisotopic (exact) mass is 335 g/mol. The van der Waals surface area contributed by atoms with E-state index >= 15 is 0 Å². The highest BCUT2D eigenvalue weighted by Gasteiger charge is 2.10. The van der Waals surface area contributed by atoms with Crippen LogP contribution < -0.4 is 0 Å². The second-order valence-corrected chi connectivity index (χ2v) is 4.67. The predicted octanol–water partition coefficient (Wildman–Crippen LogP) is 5.28. The van der Waals surface area contributed by atoms with Gasteiger partial charge in [0.2, 0.25) is 0 Å².